The minimum atomic E-state index is 0.0446. The maximum atomic E-state index is 12.1. The van der Waals surface area contributed by atoms with Gasteiger partial charge in [-0.3, -0.25) is 4.79 Å². The summed E-state index contributed by atoms with van der Waals surface area (Å²) in [5, 5.41) is 3.11. The zero-order chi connectivity index (χ0) is 12.4. The smallest absolute Gasteiger partial charge is 0.251 e. The van der Waals surface area contributed by atoms with Gasteiger partial charge in [-0.05, 0) is 50.3 Å². The van der Waals surface area contributed by atoms with Gasteiger partial charge < -0.3 is 5.32 Å². The third-order valence-electron chi connectivity index (χ3n) is 3.73. The molecule has 0 aromatic heterocycles. The summed E-state index contributed by atoms with van der Waals surface area (Å²) < 4.78 is 0.987. The molecule has 1 N–H and O–H groups in total. The van der Waals surface area contributed by atoms with E-state index in [1.807, 2.05) is 25.1 Å². The molecule has 2 nitrogen and oxygen atoms in total. The molecule has 92 valence electrons. The first-order valence-corrected chi connectivity index (χ1v) is 6.95. The highest BCUT2D eigenvalue weighted by Crippen LogP contribution is 2.29. The van der Waals surface area contributed by atoms with Crippen LogP contribution in [-0.2, 0) is 0 Å². The van der Waals surface area contributed by atoms with E-state index >= 15 is 0 Å². The number of hydrogen-bond acceptors (Lipinski definition) is 1. The number of hydrogen-bond donors (Lipinski definition) is 1. The summed E-state index contributed by atoms with van der Waals surface area (Å²) in [6.07, 6.45) is 3.80. The van der Waals surface area contributed by atoms with Crippen molar-refractivity contribution in [3.63, 3.8) is 0 Å². The zero-order valence-electron chi connectivity index (χ0n) is 10.3. The fourth-order valence-electron chi connectivity index (χ4n) is 2.20. The van der Waals surface area contributed by atoms with Crippen molar-refractivity contribution in [2.45, 2.75) is 39.2 Å². The maximum Gasteiger partial charge on any atom is 0.251 e. The first-order valence-electron chi connectivity index (χ1n) is 6.15. The molecule has 1 aromatic rings. The number of rotatable bonds is 3. The highest BCUT2D eigenvalue weighted by atomic mass is 79.9. The van der Waals surface area contributed by atoms with Crippen LogP contribution in [-0.4, -0.2) is 11.9 Å². The van der Waals surface area contributed by atoms with Crippen molar-refractivity contribution in [3.05, 3.63) is 33.8 Å². The largest absolute Gasteiger partial charge is 0.349 e. The van der Waals surface area contributed by atoms with E-state index in [1.165, 1.54) is 19.3 Å². The van der Waals surface area contributed by atoms with E-state index in [0.717, 1.165) is 15.6 Å². The Kier molecular flexibility index (Phi) is 3.87. The van der Waals surface area contributed by atoms with Crippen LogP contribution in [0.25, 0.3) is 0 Å². The molecule has 1 aliphatic rings. The van der Waals surface area contributed by atoms with Crippen molar-refractivity contribution in [1.29, 1.82) is 0 Å². The average molecular weight is 296 g/mol. The van der Waals surface area contributed by atoms with Gasteiger partial charge in [-0.1, -0.05) is 28.4 Å². The summed E-state index contributed by atoms with van der Waals surface area (Å²) in [6.45, 7) is 4.07. The van der Waals surface area contributed by atoms with Crippen LogP contribution >= 0.6 is 15.9 Å². The molecule has 1 aliphatic carbocycles. The molecule has 0 radical (unpaired) electrons. The summed E-state index contributed by atoms with van der Waals surface area (Å²) in [5.41, 5.74) is 1.77. The highest BCUT2D eigenvalue weighted by molar-refractivity contribution is 9.10. The van der Waals surface area contributed by atoms with Gasteiger partial charge in [0, 0.05) is 16.1 Å². The molecule has 2 rings (SSSR count). The Morgan fingerprint density at radius 3 is 2.76 bits per heavy atom. The van der Waals surface area contributed by atoms with E-state index in [0.29, 0.717) is 5.92 Å². The van der Waals surface area contributed by atoms with Crippen LogP contribution in [0.3, 0.4) is 0 Å². The Morgan fingerprint density at radius 1 is 1.47 bits per heavy atom. The molecule has 1 amide bonds. The van der Waals surface area contributed by atoms with Gasteiger partial charge in [0.05, 0.1) is 0 Å². The third kappa shape index (κ3) is 2.71. The monoisotopic (exact) mass is 295 g/mol. The molecule has 1 saturated carbocycles. The van der Waals surface area contributed by atoms with E-state index in [2.05, 4.69) is 28.2 Å². The fraction of sp³-hybridized carbons (Fsp3) is 0.500. The van der Waals surface area contributed by atoms with Gasteiger partial charge in [-0.15, -0.1) is 0 Å². The van der Waals surface area contributed by atoms with Crippen LogP contribution in [0, 0.1) is 12.8 Å². The molecule has 17 heavy (non-hydrogen) atoms. The van der Waals surface area contributed by atoms with Gasteiger partial charge >= 0.3 is 0 Å². The lowest BCUT2D eigenvalue weighted by molar-refractivity contribution is 0.0908. The lowest BCUT2D eigenvalue weighted by Crippen LogP contribution is -2.40. The second-order valence-corrected chi connectivity index (χ2v) is 5.72. The van der Waals surface area contributed by atoms with Gasteiger partial charge in [0.2, 0.25) is 0 Å². The quantitative estimate of drug-likeness (QED) is 0.906. The van der Waals surface area contributed by atoms with Crippen molar-refractivity contribution in [3.8, 4) is 0 Å². The van der Waals surface area contributed by atoms with Crippen molar-refractivity contribution in [1.82, 2.24) is 5.32 Å². The number of carbonyl (C=O) groups is 1. The third-order valence-corrected chi connectivity index (χ3v) is 4.59. The Balaban J connectivity index is 2.06. The van der Waals surface area contributed by atoms with Gasteiger partial charge in [-0.2, -0.15) is 0 Å². The van der Waals surface area contributed by atoms with Crippen molar-refractivity contribution in [2.75, 3.05) is 0 Å². The van der Waals surface area contributed by atoms with E-state index in [1.54, 1.807) is 0 Å². The molecule has 0 spiro atoms. The van der Waals surface area contributed by atoms with E-state index in [4.69, 9.17) is 0 Å². The normalized spacial score (nSPS) is 17.4. The van der Waals surface area contributed by atoms with Crippen LogP contribution < -0.4 is 5.32 Å². The van der Waals surface area contributed by atoms with Gasteiger partial charge in [-0.25, -0.2) is 0 Å². The van der Waals surface area contributed by atoms with Crippen LogP contribution in [0.5, 0.6) is 0 Å². The van der Waals surface area contributed by atoms with E-state index in [9.17, 15) is 4.79 Å². The second kappa shape index (κ2) is 5.21. The first-order chi connectivity index (χ1) is 8.09. The molecule has 0 saturated heterocycles. The summed E-state index contributed by atoms with van der Waals surface area (Å²) in [4.78, 5) is 12.1. The summed E-state index contributed by atoms with van der Waals surface area (Å²) >= 11 is 3.45. The summed E-state index contributed by atoms with van der Waals surface area (Å²) in [5.74, 6) is 0.717. The highest BCUT2D eigenvalue weighted by Gasteiger charge is 2.25. The summed E-state index contributed by atoms with van der Waals surface area (Å²) in [6, 6.07) is 6.03. The molecular weight excluding hydrogens is 278 g/mol. The molecule has 3 heteroatoms. The standard InChI is InChI=1S/C14H18BrNO/c1-9-12(7-4-8-13(9)15)14(17)16-10(2)11-5-3-6-11/h4,7-8,10-11H,3,5-6H2,1-2H3,(H,16,17). The number of halogens is 1. The van der Waals surface area contributed by atoms with Gasteiger partial charge in [0.15, 0.2) is 0 Å². The number of benzene rings is 1. The topological polar surface area (TPSA) is 29.1 Å². The minimum Gasteiger partial charge on any atom is -0.349 e. The first kappa shape index (κ1) is 12.6. The number of nitrogens with one attached hydrogen (secondary N) is 1. The Bertz CT molecular complexity index is 426. The Hall–Kier alpha value is -0.830. The van der Waals surface area contributed by atoms with Crippen LogP contribution in [0.1, 0.15) is 42.1 Å². The van der Waals surface area contributed by atoms with E-state index in [-0.39, 0.29) is 11.9 Å². The SMILES string of the molecule is Cc1c(Br)cccc1C(=O)NC(C)C1CCC1. The van der Waals surface area contributed by atoms with Crippen molar-refractivity contribution in [2.24, 2.45) is 5.92 Å². The molecule has 1 aromatic carbocycles. The molecule has 0 aliphatic heterocycles. The van der Waals surface area contributed by atoms with Crippen molar-refractivity contribution >= 4 is 21.8 Å². The lowest BCUT2D eigenvalue weighted by atomic mass is 9.80. The summed E-state index contributed by atoms with van der Waals surface area (Å²) in [7, 11) is 0. The zero-order valence-corrected chi connectivity index (χ0v) is 11.9. The Morgan fingerprint density at radius 2 is 2.18 bits per heavy atom. The average Bonchev–Trinajstić information content (AvgIpc) is 2.19. The second-order valence-electron chi connectivity index (χ2n) is 4.87. The number of amides is 1. The number of carbonyl (C=O) groups excluding carboxylic acids is 1. The molecule has 0 heterocycles. The Labute approximate surface area is 111 Å². The van der Waals surface area contributed by atoms with Crippen LogP contribution in [0.2, 0.25) is 0 Å². The predicted molar refractivity (Wildman–Crippen MR) is 73.1 cm³/mol. The fourth-order valence-corrected chi connectivity index (χ4v) is 2.56. The van der Waals surface area contributed by atoms with Crippen LogP contribution in [0.15, 0.2) is 22.7 Å². The van der Waals surface area contributed by atoms with Gasteiger partial charge in [0.25, 0.3) is 5.91 Å². The van der Waals surface area contributed by atoms with Crippen LogP contribution in [0.4, 0.5) is 0 Å². The lowest BCUT2D eigenvalue weighted by Gasteiger charge is -2.32. The van der Waals surface area contributed by atoms with Crippen molar-refractivity contribution < 1.29 is 4.79 Å². The predicted octanol–water partition coefficient (Wildman–Crippen LogP) is 3.68. The maximum absolute atomic E-state index is 12.1. The molecule has 1 atom stereocenters. The molecular formula is C14H18BrNO. The van der Waals surface area contributed by atoms with E-state index < -0.39 is 0 Å². The minimum absolute atomic E-state index is 0.0446. The molecule has 0 bridgehead atoms. The molecule has 1 fully saturated rings. The molecule has 1 unspecified atom stereocenters. The van der Waals surface area contributed by atoms with Gasteiger partial charge in [0.1, 0.15) is 0 Å².